The van der Waals surface area contributed by atoms with E-state index in [1.807, 2.05) is 6.92 Å². The number of aromatic nitrogens is 1. The molecule has 0 saturated carbocycles. The lowest BCUT2D eigenvalue weighted by molar-refractivity contribution is 0.0889. The number of pyridine rings is 1. The fourth-order valence-electron chi connectivity index (χ4n) is 1.16. The average Bonchev–Trinajstić information content (AvgIpc) is 2.28. The number of hydrogen-bond donors (Lipinski definition) is 1. The maximum absolute atomic E-state index is 12.0. The second-order valence-electron chi connectivity index (χ2n) is 3.65. The molecule has 1 unspecified atom stereocenters. The zero-order valence-electron chi connectivity index (χ0n) is 9.28. The summed E-state index contributed by atoms with van der Waals surface area (Å²) in [5.41, 5.74) is 5.28. The van der Waals surface area contributed by atoms with E-state index in [0.717, 1.165) is 0 Å². The fourth-order valence-corrected chi connectivity index (χ4v) is 1.16. The van der Waals surface area contributed by atoms with Gasteiger partial charge in [0.05, 0.1) is 12.6 Å². The second kappa shape index (κ2) is 4.40. The molecule has 0 radical (unpaired) electrons. The van der Waals surface area contributed by atoms with Crippen LogP contribution in [0.15, 0.2) is 18.3 Å². The van der Waals surface area contributed by atoms with Gasteiger partial charge in [0.25, 0.3) is 0 Å². The highest BCUT2D eigenvalue weighted by Crippen LogP contribution is 2.20. The van der Waals surface area contributed by atoms with Gasteiger partial charge in [0.15, 0.2) is 0 Å². The van der Waals surface area contributed by atoms with E-state index in [1.165, 1.54) is 7.11 Å². The zero-order valence-corrected chi connectivity index (χ0v) is 9.28. The van der Waals surface area contributed by atoms with Crippen molar-refractivity contribution in [2.45, 2.75) is 25.8 Å². The predicted molar refractivity (Wildman–Crippen MR) is 58.0 cm³/mol. The summed E-state index contributed by atoms with van der Waals surface area (Å²) in [5, 5.41) is 0. The van der Waals surface area contributed by atoms with Crippen molar-refractivity contribution >= 4 is 5.78 Å². The van der Waals surface area contributed by atoms with Gasteiger partial charge in [0.1, 0.15) is 11.4 Å². The van der Waals surface area contributed by atoms with Crippen molar-refractivity contribution in [3.63, 3.8) is 0 Å². The SMILES string of the molecule is CCC(C)(N)C(=O)c1ncccc1OC. The lowest BCUT2D eigenvalue weighted by atomic mass is 9.92. The molecule has 0 aliphatic carbocycles. The Morgan fingerprint density at radius 3 is 2.87 bits per heavy atom. The van der Waals surface area contributed by atoms with Gasteiger partial charge in [-0.15, -0.1) is 0 Å². The minimum atomic E-state index is -0.887. The van der Waals surface area contributed by atoms with E-state index >= 15 is 0 Å². The lowest BCUT2D eigenvalue weighted by Gasteiger charge is -2.21. The summed E-state index contributed by atoms with van der Waals surface area (Å²) >= 11 is 0. The number of rotatable bonds is 4. The molecule has 82 valence electrons. The molecule has 15 heavy (non-hydrogen) atoms. The Balaban J connectivity index is 3.11. The number of nitrogens with two attached hydrogens (primary N) is 1. The summed E-state index contributed by atoms with van der Waals surface area (Å²) in [7, 11) is 1.51. The molecule has 0 spiro atoms. The normalized spacial score (nSPS) is 14.4. The number of ether oxygens (including phenoxy) is 1. The number of methoxy groups -OCH3 is 1. The molecule has 0 saturated heterocycles. The third kappa shape index (κ3) is 2.33. The quantitative estimate of drug-likeness (QED) is 0.759. The maximum atomic E-state index is 12.0. The zero-order chi connectivity index (χ0) is 11.5. The van der Waals surface area contributed by atoms with Gasteiger partial charge in [-0.1, -0.05) is 6.92 Å². The molecule has 1 rings (SSSR count). The van der Waals surface area contributed by atoms with E-state index in [2.05, 4.69) is 4.98 Å². The monoisotopic (exact) mass is 208 g/mol. The Hall–Kier alpha value is -1.42. The van der Waals surface area contributed by atoms with Crippen molar-refractivity contribution in [3.05, 3.63) is 24.0 Å². The number of Topliss-reactive ketones (excluding diaryl/α,β-unsaturated/α-hetero) is 1. The minimum Gasteiger partial charge on any atom is -0.494 e. The van der Waals surface area contributed by atoms with Gasteiger partial charge in [-0.3, -0.25) is 4.79 Å². The highest BCUT2D eigenvalue weighted by molar-refractivity contribution is 6.03. The summed E-state index contributed by atoms with van der Waals surface area (Å²) in [6.07, 6.45) is 2.12. The van der Waals surface area contributed by atoms with Gasteiger partial charge >= 0.3 is 0 Å². The van der Waals surface area contributed by atoms with Gasteiger partial charge in [0.2, 0.25) is 5.78 Å². The molecular weight excluding hydrogens is 192 g/mol. The molecule has 0 aliphatic heterocycles. The molecular formula is C11H16N2O2. The lowest BCUT2D eigenvalue weighted by Crippen LogP contribution is -2.44. The first-order valence-electron chi connectivity index (χ1n) is 4.85. The first-order chi connectivity index (χ1) is 7.03. The summed E-state index contributed by atoms with van der Waals surface area (Å²) < 4.78 is 5.07. The van der Waals surface area contributed by atoms with E-state index < -0.39 is 5.54 Å². The van der Waals surface area contributed by atoms with Crippen LogP contribution in [0.4, 0.5) is 0 Å². The molecule has 1 aromatic rings. The summed E-state index contributed by atoms with van der Waals surface area (Å²) in [6.45, 7) is 3.57. The van der Waals surface area contributed by atoms with Crippen LogP contribution in [-0.2, 0) is 0 Å². The molecule has 0 fully saturated rings. The largest absolute Gasteiger partial charge is 0.494 e. The number of carbonyl (C=O) groups is 1. The van der Waals surface area contributed by atoms with Crippen molar-refractivity contribution in [1.82, 2.24) is 4.98 Å². The Labute approximate surface area is 89.5 Å². The number of hydrogen-bond acceptors (Lipinski definition) is 4. The number of carbonyl (C=O) groups excluding carboxylic acids is 1. The second-order valence-corrected chi connectivity index (χ2v) is 3.65. The molecule has 1 aromatic heterocycles. The Morgan fingerprint density at radius 1 is 1.67 bits per heavy atom. The molecule has 0 aromatic carbocycles. The molecule has 4 nitrogen and oxygen atoms in total. The summed E-state index contributed by atoms with van der Waals surface area (Å²) in [5.74, 6) is 0.273. The van der Waals surface area contributed by atoms with E-state index in [-0.39, 0.29) is 5.78 Å². The highest BCUT2D eigenvalue weighted by atomic mass is 16.5. The maximum Gasteiger partial charge on any atom is 0.204 e. The molecule has 0 bridgehead atoms. The third-order valence-electron chi connectivity index (χ3n) is 2.46. The molecule has 1 atom stereocenters. The van der Waals surface area contributed by atoms with Crippen molar-refractivity contribution in [3.8, 4) is 5.75 Å². The van der Waals surface area contributed by atoms with Gasteiger partial charge in [0, 0.05) is 6.20 Å². The van der Waals surface area contributed by atoms with Crippen molar-refractivity contribution in [1.29, 1.82) is 0 Å². The van der Waals surface area contributed by atoms with Crippen LogP contribution in [0.25, 0.3) is 0 Å². The number of ketones is 1. The minimum absolute atomic E-state index is 0.192. The van der Waals surface area contributed by atoms with Crippen LogP contribution in [0.5, 0.6) is 5.75 Å². The van der Waals surface area contributed by atoms with Gasteiger partial charge in [-0.2, -0.15) is 0 Å². The van der Waals surface area contributed by atoms with E-state index in [4.69, 9.17) is 10.5 Å². The van der Waals surface area contributed by atoms with Crippen LogP contribution in [0.2, 0.25) is 0 Å². The van der Waals surface area contributed by atoms with Crippen LogP contribution in [-0.4, -0.2) is 23.4 Å². The average molecular weight is 208 g/mol. The van der Waals surface area contributed by atoms with E-state index in [0.29, 0.717) is 17.9 Å². The Morgan fingerprint density at radius 2 is 2.33 bits per heavy atom. The molecule has 0 amide bonds. The third-order valence-corrected chi connectivity index (χ3v) is 2.46. The Kier molecular flexibility index (Phi) is 3.42. The Bertz CT molecular complexity index is 361. The van der Waals surface area contributed by atoms with Crippen molar-refractivity contribution < 1.29 is 9.53 Å². The highest BCUT2D eigenvalue weighted by Gasteiger charge is 2.30. The number of nitrogens with zero attached hydrogens (tertiary/aromatic N) is 1. The standard InChI is InChI=1S/C11H16N2O2/c1-4-11(2,12)10(14)9-8(15-3)6-5-7-13-9/h5-7H,4,12H2,1-3H3. The molecule has 1 heterocycles. The van der Waals surface area contributed by atoms with Crippen LogP contribution >= 0.6 is 0 Å². The van der Waals surface area contributed by atoms with Crippen LogP contribution in [0, 0.1) is 0 Å². The predicted octanol–water partition coefficient (Wildman–Crippen LogP) is 1.40. The smallest absolute Gasteiger partial charge is 0.204 e. The molecule has 0 aliphatic rings. The molecule has 4 heteroatoms. The molecule has 2 N–H and O–H groups in total. The van der Waals surface area contributed by atoms with Crippen LogP contribution in [0.1, 0.15) is 30.8 Å². The van der Waals surface area contributed by atoms with E-state index in [1.54, 1.807) is 25.3 Å². The fraction of sp³-hybridized carbons (Fsp3) is 0.455. The summed E-state index contributed by atoms with van der Waals surface area (Å²) in [4.78, 5) is 16.0. The van der Waals surface area contributed by atoms with Crippen molar-refractivity contribution in [2.24, 2.45) is 5.73 Å². The first-order valence-corrected chi connectivity index (χ1v) is 4.85. The van der Waals surface area contributed by atoms with E-state index in [9.17, 15) is 4.79 Å². The summed E-state index contributed by atoms with van der Waals surface area (Å²) in [6, 6.07) is 3.42. The first kappa shape index (κ1) is 11.7. The van der Waals surface area contributed by atoms with Gasteiger partial charge < -0.3 is 10.5 Å². The van der Waals surface area contributed by atoms with Crippen LogP contribution < -0.4 is 10.5 Å². The van der Waals surface area contributed by atoms with Gasteiger partial charge in [-0.05, 0) is 25.5 Å². The van der Waals surface area contributed by atoms with Gasteiger partial charge in [-0.25, -0.2) is 4.98 Å². The van der Waals surface area contributed by atoms with Crippen LogP contribution in [0.3, 0.4) is 0 Å². The topological polar surface area (TPSA) is 65.2 Å². The van der Waals surface area contributed by atoms with Crippen molar-refractivity contribution in [2.75, 3.05) is 7.11 Å².